The van der Waals surface area contributed by atoms with Crippen LogP contribution in [0.15, 0.2) is 36.5 Å². The number of ether oxygens (including phenoxy) is 2. The summed E-state index contributed by atoms with van der Waals surface area (Å²) in [6.07, 6.45) is 0.704. The second-order valence-corrected chi connectivity index (χ2v) is 7.30. The fourth-order valence-electron chi connectivity index (χ4n) is 2.98. The number of carboxylic acids is 1. The lowest BCUT2D eigenvalue weighted by atomic mass is 10.1. The third-order valence-corrected chi connectivity index (χ3v) is 4.09. The zero-order chi connectivity index (χ0) is 18.9. The summed E-state index contributed by atoms with van der Waals surface area (Å²) in [5.74, 6) is -0.642. The molecule has 2 unspecified atom stereocenters. The van der Waals surface area contributed by atoms with Gasteiger partial charge in [0.15, 0.2) is 0 Å². The molecule has 7 heteroatoms. The van der Waals surface area contributed by atoms with Crippen molar-refractivity contribution in [3.05, 3.63) is 36.5 Å². The standard InChI is InChI=1S/C19H22N2O5/c1-19(2,3)26-18(24)21-11-13(10-15(21)17(22)23)25-16-14-7-5-4-6-12(14)8-9-20-16/h4-9,13,15H,10-11H2,1-3H3,(H,22,23). The predicted molar refractivity (Wildman–Crippen MR) is 95.1 cm³/mol. The summed E-state index contributed by atoms with van der Waals surface area (Å²) in [5.41, 5.74) is -0.698. The van der Waals surface area contributed by atoms with Gasteiger partial charge in [-0.25, -0.2) is 14.6 Å². The molecule has 0 saturated carbocycles. The number of amides is 1. The summed E-state index contributed by atoms with van der Waals surface area (Å²) in [5, 5.41) is 11.3. The van der Waals surface area contributed by atoms with E-state index >= 15 is 0 Å². The number of hydrogen-bond donors (Lipinski definition) is 1. The van der Waals surface area contributed by atoms with Crippen molar-refractivity contribution in [1.29, 1.82) is 0 Å². The number of nitrogens with zero attached hydrogens (tertiary/aromatic N) is 2. The van der Waals surface area contributed by atoms with Crippen LogP contribution in [0, 0.1) is 0 Å². The normalized spacial score (nSPS) is 20.2. The van der Waals surface area contributed by atoms with Gasteiger partial charge in [-0.1, -0.05) is 18.2 Å². The average Bonchev–Trinajstić information content (AvgIpc) is 2.98. The molecule has 2 atom stereocenters. The summed E-state index contributed by atoms with van der Waals surface area (Å²) in [4.78, 5) is 29.4. The number of carbonyl (C=O) groups is 2. The van der Waals surface area contributed by atoms with E-state index in [9.17, 15) is 14.7 Å². The van der Waals surface area contributed by atoms with Crippen molar-refractivity contribution >= 4 is 22.8 Å². The Kier molecular flexibility index (Phi) is 4.71. The fraction of sp³-hybridized carbons (Fsp3) is 0.421. The van der Waals surface area contributed by atoms with Gasteiger partial charge in [0.05, 0.1) is 6.54 Å². The highest BCUT2D eigenvalue weighted by Gasteiger charge is 2.42. The molecular weight excluding hydrogens is 336 g/mol. The van der Waals surface area contributed by atoms with Crippen molar-refractivity contribution in [2.45, 2.75) is 44.9 Å². The lowest BCUT2D eigenvalue weighted by molar-refractivity contribution is -0.142. The van der Waals surface area contributed by atoms with Crippen molar-refractivity contribution in [2.24, 2.45) is 0 Å². The summed E-state index contributed by atoms with van der Waals surface area (Å²) in [6.45, 7) is 5.36. The topological polar surface area (TPSA) is 89.0 Å². The van der Waals surface area contributed by atoms with E-state index in [0.717, 1.165) is 10.8 Å². The minimum absolute atomic E-state index is 0.136. The van der Waals surface area contributed by atoms with Crippen LogP contribution < -0.4 is 4.74 Å². The van der Waals surface area contributed by atoms with Crippen LogP contribution in [0.4, 0.5) is 4.79 Å². The number of pyridine rings is 1. The molecule has 2 heterocycles. The zero-order valence-corrected chi connectivity index (χ0v) is 15.0. The summed E-state index contributed by atoms with van der Waals surface area (Å²) in [7, 11) is 0. The van der Waals surface area contributed by atoms with E-state index < -0.39 is 29.8 Å². The van der Waals surface area contributed by atoms with Crippen LogP contribution in [0.5, 0.6) is 5.88 Å². The monoisotopic (exact) mass is 358 g/mol. The minimum atomic E-state index is -1.08. The van der Waals surface area contributed by atoms with E-state index in [1.54, 1.807) is 27.0 Å². The van der Waals surface area contributed by atoms with Crippen molar-refractivity contribution in [2.75, 3.05) is 6.54 Å². The highest BCUT2D eigenvalue weighted by atomic mass is 16.6. The van der Waals surface area contributed by atoms with Gasteiger partial charge in [0.25, 0.3) is 0 Å². The molecule has 1 aromatic heterocycles. The number of likely N-dealkylation sites (tertiary alicyclic amines) is 1. The van der Waals surface area contributed by atoms with E-state index in [1.165, 1.54) is 4.90 Å². The van der Waals surface area contributed by atoms with E-state index in [2.05, 4.69) is 4.98 Å². The maximum Gasteiger partial charge on any atom is 0.411 e. The number of benzene rings is 1. The minimum Gasteiger partial charge on any atom is -0.480 e. The Labute approximate surface area is 151 Å². The number of aromatic nitrogens is 1. The Bertz CT molecular complexity index is 825. The molecule has 1 aliphatic heterocycles. The zero-order valence-electron chi connectivity index (χ0n) is 15.0. The van der Waals surface area contributed by atoms with E-state index in [0.29, 0.717) is 5.88 Å². The molecule has 2 aromatic rings. The number of aliphatic carboxylic acids is 1. The quantitative estimate of drug-likeness (QED) is 0.907. The van der Waals surface area contributed by atoms with Gasteiger partial charge < -0.3 is 14.6 Å². The van der Waals surface area contributed by atoms with Crippen molar-refractivity contribution in [3.63, 3.8) is 0 Å². The summed E-state index contributed by atoms with van der Waals surface area (Å²) < 4.78 is 11.3. The molecule has 0 spiro atoms. The van der Waals surface area contributed by atoms with E-state index in [-0.39, 0.29) is 13.0 Å². The van der Waals surface area contributed by atoms with Crippen molar-refractivity contribution in [1.82, 2.24) is 9.88 Å². The second-order valence-electron chi connectivity index (χ2n) is 7.30. The van der Waals surface area contributed by atoms with Gasteiger partial charge in [-0.05, 0) is 38.3 Å². The van der Waals surface area contributed by atoms with Gasteiger partial charge in [-0.2, -0.15) is 0 Å². The molecule has 1 N–H and O–H groups in total. The first kappa shape index (κ1) is 18.0. The second kappa shape index (κ2) is 6.82. The molecular formula is C19H22N2O5. The van der Waals surface area contributed by atoms with Crippen LogP contribution in [0.2, 0.25) is 0 Å². The highest BCUT2D eigenvalue weighted by Crippen LogP contribution is 2.28. The Hall–Kier alpha value is -2.83. The van der Waals surface area contributed by atoms with Crippen molar-refractivity contribution in [3.8, 4) is 5.88 Å². The first-order valence-corrected chi connectivity index (χ1v) is 8.47. The number of carboxylic acid groups (broad SMARTS) is 1. The number of carbonyl (C=O) groups excluding carboxylic acids is 1. The summed E-state index contributed by atoms with van der Waals surface area (Å²) >= 11 is 0. The fourth-order valence-corrected chi connectivity index (χ4v) is 2.98. The van der Waals surface area contributed by atoms with E-state index in [4.69, 9.17) is 9.47 Å². The molecule has 1 fully saturated rings. The van der Waals surface area contributed by atoms with Gasteiger partial charge in [0.2, 0.25) is 5.88 Å². The number of fused-ring (bicyclic) bond motifs is 1. The Morgan fingerprint density at radius 1 is 1.23 bits per heavy atom. The number of hydrogen-bond acceptors (Lipinski definition) is 5. The van der Waals surface area contributed by atoms with Gasteiger partial charge in [-0.15, -0.1) is 0 Å². The van der Waals surface area contributed by atoms with Gasteiger partial charge in [0.1, 0.15) is 17.7 Å². The SMILES string of the molecule is CC(C)(C)OC(=O)N1CC(Oc2nccc3ccccc23)CC1C(=O)O. The largest absolute Gasteiger partial charge is 0.480 e. The van der Waals surface area contributed by atoms with Crippen LogP contribution in [0.25, 0.3) is 10.8 Å². The van der Waals surface area contributed by atoms with Crippen LogP contribution in [-0.2, 0) is 9.53 Å². The number of rotatable bonds is 3. The highest BCUT2D eigenvalue weighted by molar-refractivity contribution is 5.86. The lowest BCUT2D eigenvalue weighted by Gasteiger charge is -2.26. The van der Waals surface area contributed by atoms with Crippen LogP contribution in [-0.4, -0.2) is 51.3 Å². The first-order chi connectivity index (χ1) is 12.2. The molecule has 1 aliphatic rings. The van der Waals surface area contributed by atoms with Crippen LogP contribution >= 0.6 is 0 Å². The Balaban J connectivity index is 1.79. The lowest BCUT2D eigenvalue weighted by Crippen LogP contribution is -2.43. The van der Waals surface area contributed by atoms with E-state index in [1.807, 2.05) is 30.3 Å². The third kappa shape index (κ3) is 3.87. The van der Waals surface area contributed by atoms with Crippen LogP contribution in [0.1, 0.15) is 27.2 Å². The molecule has 3 rings (SSSR count). The Morgan fingerprint density at radius 3 is 2.65 bits per heavy atom. The van der Waals surface area contributed by atoms with Gasteiger partial charge in [0, 0.05) is 18.0 Å². The molecule has 7 nitrogen and oxygen atoms in total. The predicted octanol–water partition coefficient (Wildman–Crippen LogP) is 3.08. The molecule has 26 heavy (non-hydrogen) atoms. The van der Waals surface area contributed by atoms with Crippen LogP contribution in [0.3, 0.4) is 0 Å². The maximum atomic E-state index is 12.4. The van der Waals surface area contributed by atoms with Crippen molar-refractivity contribution < 1.29 is 24.2 Å². The Morgan fingerprint density at radius 2 is 1.96 bits per heavy atom. The average molecular weight is 358 g/mol. The molecule has 0 bridgehead atoms. The van der Waals surface area contributed by atoms with Gasteiger partial charge in [-0.3, -0.25) is 4.90 Å². The molecule has 138 valence electrons. The third-order valence-electron chi connectivity index (χ3n) is 4.09. The molecule has 0 radical (unpaired) electrons. The maximum absolute atomic E-state index is 12.4. The molecule has 1 aromatic carbocycles. The smallest absolute Gasteiger partial charge is 0.411 e. The van der Waals surface area contributed by atoms with Gasteiger partial charge >= 0.3 is 12.1 Å². The molecule has 1 amide bonds. The molecule has 1 saturated heterocycles. The molecule has 0 aliphatic carbocycles. The summed E-state index contributed by atoms with van der Waals surface area (Å²) in [6, 6.07) is 8.55. The first-order valence-electron chi connectivity index (χ1n) is 8.47.